The van der Waals surface area contributed by atoms with Gasteiger partial charge in [0.15, 0.2) is 5.13 Å². The fourth-order valence-corrected chi connectivity index (χ4v) is 4.88. The Morgan fingerprint density at radius 2 is 1.15 bits per heavy atom. The van der Waals surface area contributed by atoms with Gasteiger partial charge in [-0.3, -0.25) is 38.4 Å². The zero-order valence-corrected chi connectivity index (χ0v) is 30.6. The third-order valence-electron chi connectivity index (χ3n) is 7.37. The number of phenols is 1. The first-order chi connectivity index (χ1) is 24.9. The number of nitrogens with two attached hydrogens (primary N) is 1. The number of aromatic nitrogens is 1. The standard InChI is InChI=1S/C32H46N10O10S/c1-15(26(33)47)39-27(48)16(2)37-24(45)12-34-31(52)23(10-20-6-8-21(44)9-7-20)42-30(51)19(5)41-29(50)18(4)40-28(49)17(3)38-25(46)13-36-32-35-11-22(14-43)53-32/h6-9,11,15-19,23,43-44H,10,12-14H2,1-5H3,(H2,33,47)(H,34,52)(H,35,36)(H,37,45)(H,38,46)(H,39,48)(H,40,49)(H,41,50)(H,42,51)/t15-,16?,17-,18-,19-,23-/m0/s1. The lowest BCUT2D eigenvalue weighted by Crippen LogP contribution is -2.57. The molecule has 21 heteroatoms. The molecule has 2 aromatic rings. The number of aromatic hydroxyl groups is 1. The summed E-state index contributed by atoms with van der Waals surface area (Å²) in [4.78, 5) is 105. The van der Waals surface area contributed by atoms with Gasteiger partial charge in [0.1, 0.15) is 42.0 Å². The van der Waals surface area contributed by atoms with Crippen molar-refractivity contribution in [2.24, 2.45) is 5.73 Å². The van der Waals surface area contributed by atoms with E-state index in [-0.39, 0.29) is 25.3 Å². The predicted octanol–water partition coefficient (Wildman–Crippen LogP) is -3.39. The lowest BCUT2D eigenvalue weighted by Gasteiger charge is -2.23. The van der Waals surface area contributed by atoms with E-state index in [4.69, 9.17) is 10.8 Å². The highest BCUT2D eigenvalue weighted by atomic mass is 32.1. The van der Waals surface area contributed by atoms with Gasteiger partial charge in [0.2, 0.25) is 47.3 Å². The zero-order valence-electron chi connectivity index (χ0n) is 29.8. The minimum Gasteiger partial charge on any atom is -0.508 e. The van der Waals surface area contributed by atoms with Crippen LogP contribution >= 0.6 is 11.3 Å². The Morgan fingerprint density at radius 1 is 0.679 bits per heavy atom. The van der Waals surface area contributed by atoms with Crippen molar-refractivity contribution in [2.45, 2.75) is 83.9 Å². The Bertz CT molecular complexity index is 1640. The normalized spacial score (nSPS) is 14.1. The van der Waals surface area contributed by atoms with Crippen LogP contribution < -0.4 is 48.3 Å². The first-order valence-corrected chi connectivity index (χ1v) is 17.2. The molecule has 0 radical (unpaired) electrons. The molecule has 2 rings (SSSR count). The first kappa shape index (κ1) is 43.3. The molecule has 0 fully saturated rings. The maximum atomic E-state index is 13.2. The number of hydrogen-bond donors (Lipinski definition) is 11. The molecule has 20 nitrogen and oxygen atoms in total. The van der Waals surface area contributed by atoms with Crippen molar-refractivity contribution in [3.8, 4) is 5.75 Å². The van der Waals surface area contributed by atoms with Crippen molar-refractivity contribution in [2.75, 3.05) is 18.4 Å². The van der Waals surface area contributed by atoms with E-state index in [1.54, 1.807) is 0 Å². The van der Waals surface area contributed by atoms with Gasteiger partial charge in [-0.2, -0.15) is 0 Å². The van der Waals surface area contributed by atoms with Crippen LogP contribution in [0.1, 0.15) is 45.1 Å². The molecule has 0 aliphatic rings. The molecule has 1 unspecified atom stereocenters. The van der Waals surface area contributed by atoms with Crippen LogP contribution in [0, 0.1) is 0 Å². The molecule has 0 aliphatic heterocycles. The minimum absolute atomic E-state index is 0.0326. The highest BCUT2D eigenvalue weighted by Gasteiger charge is 2.28. The summed E-state index contributed by atoms with van der Waals surface area (Å²) in [7, 11) is 0. The maximum Gasteiger partial charge on any atom is 0.243 e. The van der Waals surface area contributed by atoms with E-state index in [1.165, 1.54) is 65.1 Å². The number of aliphatic hydroxyl groups excluding tert-OH is 1. The lowest BCUT2D eigenvalue weighted by atomic mass is 10.0. The zero-order chi connectivity index (χ0) is 39.8. The average molecular weight is 763 g/mol. The number of carbonyl (C=O) groups excluding carboxylic acids is 8. The summed E-state index contributed by atoms with van der Waals surface area (Å²) in [5.41, 5.74) is 5.66. The highest BCUT2D eigenvalue weighted by Crippen LogP contribution is 2.17. The molecule has 1 aromatic heterocycles. The lowest BCUT2D eigenvalue weighted by molar-refractivity contribution is -0.134. The summed E-state index contributed by atoms with van der Waals surface area (Å²) >= 11 is 1.16. The predicted molar refractivity (Wildman–Crippen MR) is 190 cm³/mol. The summed E-state index contributed by atoms with van der Waals surface area (Å²) in [6, 6.07) is -0.897. The van der Waals surface area contributed by atoms with E-state index in [0.29, 0.717) is 15.6 Å². The van der Waals surface area contributed by atoms with Crippen molar-refractivity contribution >= 4 is 63.7 Å². The van der Waals surface area contributed by atoms with Gasteiger partial charge < -0.3 is 58.5 Å². The van der Waals surface area contributed by atoms with Gasteiger partial charge in [0.05, 0.1) is 24.6 Å². The minimum atomic E-state index is -1.26. The number of phenolic OH excluding ortho intramolecular Hbond substituents is 1. The molecule has 0 bridgehead atoms. The van der Waals surface area contributed by atoms with Crippen molar-refractivity contribution in [1.82, 2.24) is 42.2 Å². The van der Waals surface area contributed by atoms with Gasteiger partial charge >= 0.3 is 0 Å². The van der Waals surface area contributed by atoms with E-state index in [0.717, 1.165) is 11.3 Å². The van der Waals surface area contributed by atoms with Crippen LogP contribution in [0.25, 0.3) is 0 Å². The van der Waals surface area contributed by atoms with Gasteiger partial charge in [-0.25, -0.2) is 4.98 Å². The SMILES string of the molecule is CC(NC(=O)CNC(=O)[C@H](Cc1ccc(O)cc1)NC(=O)[C@H](C)NC(=O)[C@H](C)NC(=O)[C@H](C)NC(=O)CNc1ncc(CO)s1)C(=O)N[C@@H](C)C(N)=O. The number of nitrogens with one attached hydrogen (secondary N) is 8. The molecule has 0 saturated heterocycles. The number of thiazole rings is 1. The average Bonchev–Trinajstić information content (AvgIpc) is 3.58. The van der Waals surface area contributed by atoms with E-state index in [9.17, 15) is 43.5 Å². The van der Waals surface area contributed by atoms with Crippen LogP contribution in [-0.4, -0.2) is 112 Å². The number of benzene rings is 1. The van der Waals surface area contributed by atoms with Gasteiger partial charge in [-0.1, -0.05) is 23.5 Å². The molecule has 8 amide bonds. The Hall–Kier alpha value is -5.83. The Labute approximate surface area is 308 Å². The summed E-state index contributed by atoms with van der Waals surface area (Å²) in [5, 5.41) is 38.9. The van der Waals surface area contributed by atoms with Crippen LogP contribution in [-0.2, 0) is 51.4 Å². The van der Waals surface area contributed by atoms with Gasteiger partial charge in [0, 0.05) is 12.6 Å². The number of carbonyl (C=O) groups is 8. The van der Waals surface area contributed by atoms with E-state index < -0.39 is 90.1 Å². The van der Waals surface area contributed by atoms with Crippen LogP contribution in [0.15, 0.2) is 30.5 Å². The van der Waals surface area contributed by atoms with Gasteiger partial charge in [-0.05, 0) is 52.3 Å². The molecule has 0 spiro atoms. The summed E-state index contributed by atoms with van der Waals surface area (Å²) < 4.78 is 0. The monoisotopic (exact) mass is 762 g/mol. The van der Waals surface area contributed by atoms with Crippen LogP contribution in [0.3, 0.4) is 0 Å². The molecule has 1 aromatic carbocycles. The Kier molecular flexibility index (Phi) is 17.1. The topological polar surface area (TPSA) is 312 Å². The summed E-state index contributed by atoms with van der Waals surface area (Å²) in [6.45, 7) is 5.88. The molecular formula is C32H46N10O10S. The van der Waals surface area contributed by atoms with Crippen LogP contribution in [0.5, 0.6) is 5.75 Å². The Balaban J connectivity index is 1.93. The number of hydrogen-bond acceptors (Lipinski definition) is 13. The smallest absolute Gasteiger partial charge is 0.243 e. The largest absolute Gasteiger partial charge is 0.508 e. The van der Waals surface area contributed by atoms with Crippen molar-refractivity contribution in [3.05, 3.63) is 40.9 Å². The molecule has 0 aliphatic carbocycles. The molecular weight excluding hydrogens is 716 g/mol. The number of anilines is 1. The van der Waals surface area contributed by atoms with Gasteiger partial charge in [-0.15, -0.1) is 0 Å². The third-order valence-corrected chi connectivity index (χ3v) is 8.31. The molecule has 12 N–H and O–H groups in total. The van der Waals surface area contributed by atoms with Crippen LogP contribution in [0.4, 0.5) is 5.13 Å². The molecule has 1 heterocycles. The second-order valence-electron chi connectivity index (χ2n) is 12.0. The second-order valence-corrected chi connectivity index (χ2v) is 13.1. The maximum absolute atomic E-state index is 13.2. The third kappa shape index (κ3) is 15.1. The van der Waals surface area contributed by atoms with Crippen molar-refractivity contribution < 1.29 is 48.6 Å². The van der Waals surface area contributed by atoms with Crippen molar-refractivity contribution in [3.63, 3.8) is 0 Å². The summed E-state index contributed by atoms with van der Waals surface area (Å²) in [6.07, 6.45) is 1.38. The quantitative estimate of drug-likeness (QED) is 0.0629. The number of aliphatic hydroxyl groups is 1. The number of amides is 8. The Morgan fingerprint density at radius 3 is 1.64 bits per heavy atom. The molecule has 0 saturated carbocycles. The molecule has 53 heavy (non-hydrogen) atoms. The number of primary amides is 1. The fourth-order valence-electron chi connectivity index (χ4n) is 4.22. The number of rotatable bonds is 20. The molecule has 6 atom stereocenters. The van der Waals surface area contributed by atoms with E-state index in [1.807, 2.05) is 0 Å². The summed E-state index contributed by atoms with van der Waals surface area (Å²) in [5.74, 6) is -5.77. The van der Waals surface area contributed by atoms with E-state index >= 15 is 0 Å². The molecule has 290 valence electrons. The fraction of sp³-hybridized carbons (Fsp3) is 0.469. The highest BCUT2D eigenvalue weighted by molar-refractivity contribution is 7.15. The van der Waals surface area contributed by atoms with Crippen molar-refractivity contribution in [1.29, 1.82) is 0 Å². The first-order valence-electron chi connectivity index (χ1n) is 16.3. The number of nitrogens with zero attached hydrogens (tertiary/aromatic N) is 1. The van der Waals surface area contributed by atoms with Crippen LogP contribution in [0.2, 0.25) is 0 Å². The van der Waals surface area contributed by atoms with E-state index in [2.05, 4.69) is 47.5 Å². The second kappa shape index (κ2) is 20.9. The van der Waals surface area contributed by atoms with Gasteiger partial charge in [0.25, 0.3) is 0 Å².